The summed E-state index contributed by atoms with van der Waals surface area (Å²) in [6, 6.07) is 0. The molecule has 1 aliphatic carbocycles. The molecule has 0 unspecified atom stereocenters. The highest BCUT2D eigenvalue weighted by atomic mass is 16.3. The van der Waals surface area contributed by atoms with Crippen molar-refractivity contribution in [1.29, 1.82) is 0 Å². The van der Waals surface area contributed by atoms with Gasteiger partial charge in [-0.1, -0.05) is 6.42 Å². The number of carbonyl (C=O) groups is 1. The lowest BCUT2D eigenvalue weighted by Gasteiger charge is -2.24. The average Bonchev–Trinajstić information content (AvgIpc) is 2.87. The predicted molar refractivity (Wildman–Crippen MR) is 67.9 cm³/mol. The zero-order valence-electron chi connectivity index (χ0n) is 10.6. The number of nitrogens with one attached hydrogen (secondary N) is 2. The van der Waals surface area contributed by atoms with Gasteiger partial charge in [-0.15, -0.1) is 0 Å². The normalized spacial score (nSPS) is 23.8. The lowest BCUT2D eigenvalue weighted by molar-refractivity contribution is -0.127. The maximum Gasteiger partial charge on any atom is 0.223 e. The molecule has 0 radical (unpaired) electrons. The first-order valence-corrected chi connectivity index (χ1v) is 6.69. The van der Waals surface area contributed by atoms with Gasteiger partial charge in [0.15, 0.2) is 0 Å². The zero-order chi connectivity index (χ0) is 12.8. The Kier molecular flexibility index (Phi) is 4.75. The van der Waals surface area contributed by atoms with Crippen molar-refractivity contribution in [3.63, 3.8) is 0 Å². The van der Waals surface area contributed by atoms with E-state index in [1.165, 1.54) is 0 Å². The van der Waals surface area contributed by atoms with Crippen molar-refractivity contribution >= 4 is 5.91 Å². The summed E-state index contributed by atoms with van der Waals surface area (Å²) in [4.78, 5) is 19.0. The van der Waals surface area contributed by atoms with Gasteiger partial charge in [-0.25, -0.2) is 4.98 Å². The zero-order valence-corrected chi connectivity index (χ0v) is 10.6. The van der Waals surface area contributed by atoms with Crippen molar-refractivity contribution in [2.75, 3.05) is 6.54 Å². The fourth-order valence-corrected chi connectivity index (χ4v) is 2.45. The molecule has 1 aliphatic rings. The highest BCUT2D eigenvalue weighted by Gasteiger charge is 2.25. The van der Waals surface area contributed by atoms with E-state index in [0.29, 0.717) is 13.0 Å². The lowest BCUT2D eigenvalue weighted by atomic mass is 9.87. The van der Waals surface area contributed by atoms with E-state index < -0.39 is 0 Å². The van der Waals surface area contributed by atoms with Crippen LogP contribution >= 0.6 is 0 Å². The number of rotatable bonds is 5. The molecule has 0 aromatic carbocycles. The van der Waals surface area contributed by atoms with Crippen molar-refractivity contribution in [3.8, 4) is 0 Å². The molecule has 1 amide bonds. The summed E-state index contributed by atoms with van der Waals surface area (Å²) in [5.74, 6) is 1.04. The van der Waals surface area contributed by atoms with Gasteiger partial charge >= 0.3 is 0 Å². The SMILES string of the molecule is O=C(NCCCc1ncc[nH]1)[C@H]1CCC[C@H](O)C1. The number of aliphatic hydroxyl groups is 1. The Morgan fingerprint density at radius 3 is 3.17 bits per heavy atom. The molecule has 0 bridgehead atoms. The molecule has 100 valence electrons. The third-order valence-electron chi connectivity index (χ3n) is 3.46. The fraction of sp³-hybridized carbons (Fsp3) is 0.692. The van der Waals surface area contributed by atoms with Crippen molar-refractivity contribution < 1.29 is 9.90 Å². The van der Waals surface area contributed by atoms with E-state index >= 15 is 0 Å². The molecule has 5 heteroatoms. The predicted octanol–water partition coefficient (Wildman–Crippen LogP) is 1.01. The quantitative estimate of drug-likeness (QED) is 0.683. The molecule has 3 N–H and O–H groups in total. The summed E-state index contributed by atoms with van der Waals surface area (Å²) >= 11 is 0. The summed E-state index contributed by atoms with van der Waals surface area (Å²) in [5.41, 5.74) is 0. The number of aromatic nitrogens is 2. The van der Waals surface area contributed by atoms with Crippen LogP contribution in [0, 0.1) is 5.92 Å². The number of nitrogens with zero attached hydrogens (tertiary/aromatic N) is 1. The van der Waals surface area contributed by atoms with Gasteiger partial charge in [-0.2, -0.15) is 0 Å². The Morgan fingerprint density at radius 2 is 2.44 bits per heavy atom. The number of aryl methyl sites for hydroxylation is 1. The van der Waals surface area contributed by atoms with Crippen LogP contribution in [-0.4, -0.2) is 33.6 Å². The minimum Gasteiger partial charge on any atom is -0.393 e. The number of aliphatic hydroxyl groups excluding tert-OH is 1. The minimum absolute atomic E-state index is 0.00244. The highest BCUT2D eigenvalue weighted by molar-refractivity contribution is 5.78. The molecule has 1 aromatic heterocycles. The van der Waals surface area contributed by atoms with Crippen molar-refractivity contribution in [2.24, 2.45) is 5.92 Å². The molecule has 0 saturated heterocycles. The van der Waals surface area contributed by atoms with Gasteiger partial charge in [0.25, 0.3) is 0 Å². The monoisotopic (exact) mass is 251 g/mol. The van der Waals surface area contributed by atoms with Crippen molar-refractivity contribution in [1.82, 2.24) is 15.3 Å². The smallest absolute Gasteiger partial charge is 0.223 e. The number of aromatic amines is 1. The van der Waals surface area contributed by atoms with Crippen LogP contribution in [0.15, 0.2) is 12.4 Å². The molecule has 5 nitrogen and oxygen atoms in total. The Bertz CT molecular complexity index is 364. The first kappa shape index (κ1) is 13.1. The molecule has 1 saturated carbocycles. The second kappa shape index (κ2) is 6.54. The van der Waals surface area contributed by atoms with E-state index in [9.17, 15) is 9.90 Å². The molecule has 1 heterocycles. The number of hydrogen-bond acceptors (Lipinski definition) is 3. The van der Waals surface area contributed by atoms with Crippen LogP contribution in [0.2, 0.25) is 0 Å². The van der Waals surface area contributed by atoms with Crippen LogP contribution in [0.3, 0.4) is 0 Å². The van der Waals surface area contributed by atoms with Crippen LogP contribution < -0.4 is 5.32 Å². The van der Waals surface area contributed by atoms with Gasteiger partial charge in [-0.05, 0) is 25.7 Å². The van der Waals surface area contributed by atoms with Crippen molar-refractivity contribution in [3.05, 3.63) is 18.2 Å². The molecule has 2 atom stereocenters. The largest absolute Gasteiger partial charge is 0.393 e. The van der Waals surface area contributed by atoms with Crippen LogP contribution in [0.25, 0.3) is 0 Å². The van der Waals surface area contributed by atoms with Gasteiger partial charge < -0.3 is 15.4 Å². The van der Waals surface area contributed by atoms with E-state index in [4.69, 9.17) is 0 Å². The molecule has 0 aliphatic heterocycles. The van der Waals surface area contributed by atoms with E-state index in [0.717, 1.165) is 37.9 Å². The van der Waals surface area contributed by atoms with Crippen LogP contribution in [0.4, 0.5) is 0 Å². The third-order valence-corrected chi connectivity index (χ3v) is 3.46. The molecule has 1 fully saturated rings. The number of carbonyl (C=O) groups excluding carboxylic acids is 1. The second-order valence-electron chi connectivity index (χ2n) is 4.95. The van der Waals surface area contributed by atoms with E-state index in [1.807, 2.05) is 0 Å². The number of H-pyrrole nitrogens is 1. The van der Waals surface area contributed by atoms with Crippen molar-refractivity contribution in [2.45, 2.75) is 44.6 Å². The average molecular weight is 251 g/mol. The van der Waals surface area contributed by atoms with Crippen LogP contribution in [-0.2, 0) is 11.2 Å². The summed E-state index contributed by atoms with van der Waals surface area (Å²) in [7, 11) is 0. The summed E-state index contributed by atoms with van der Waals surface area (Å²) in [6.45, 7) is 0.673. The van der Waals surface area contributed by atoms with Crippen LogP contribution in [0.1, 0.15) is 37.9 Å². The maximum atomic E-state index is 11.9. The fourth-order valence-electron chi connectivity index (χ4n) is 2.45. The van der Waals surface area contributed by atoms with E-state index in [1.54, 1.807) is 12.4 Å². The third kappa shape index (κ3) is 3.84. The Labute approximate surface area is 107 Å². The van der Waals surface area contributed by atoms with Gasteiger partial charge in [0.05, 0.1) is 6.10 Å². The Morgan fingerprint density at radius 1 is 1.56 bits per heavy atom. The van der Waals surface area contributed by atoms with E-state index in [2.05, 4.69) is 15.3 Å². The number of imidazole rings is 1. The molecule has 1 aromatic rings. The highest BCUT2D eigenvalue weighted by Crippen LogP contribution is 2.24. The Hall–Kier alpha value is -1.36. The van der Waals surface area contributed by atoms with Gasteiger partial charge in [0.1, 0.15) is 5.82 Å². The number of hydrogen-bond donors (Lipinski definition) is 3. The van der Waals surface area contributed by atoms with E-state index in [-0.39, 0.29) is 17.9 Å². The summed E-state index contributed by atoms with van der Waals surface area (Å²) in [6.07, 6.45) is 8.28. The lowest BCUT2D eigenvalue weighted by Crippen LogP contribution is -2.35. The van der Waals surface area contributed by atoms with Gasteiger partial charge in [0, 0.05) is 31.3 Å². The molecule has 18 heavy (non-hydrogen) atoms. The second-order valence-corrected chi connectivity index (χ2v) is 4.95. The first-order valence-electron chi connectivity index (χ1n) is 6.69. The maximum absolute atomic E-state index is 11.9. The summed E-state index contributed by atoms with van der Waals surface area (Å²) < 4.78 is 0. The Balaban J connectivity index is 1.62. The van der Waals surface area contributed by atoms with Gasteiger partial charge in [-0.3, -0.25) is 4.79 Å². The molecular formula is C13H21N3O2. The molecule has 0 spiro atoms. The minimum atomic E-state index is -0.294. The molecular weight excluding hydrogens is 230 g/mol. The standard InChI is InChI=1S/C13H21N3O2/c17-11-4-1-3-10(9-11)13(18)16-6-2-5-12-14-7-8-15-12/h7-8,10-11,17H,1-6,9H2,(H,14,15)(H,16,18)/t10-,11-/m0/s1. The van der Waals surface area contributed by atoms with Crippen LogP contribution in [0.5, 0.6) is 0 Å². The molecule has 2 rings (SSSR count). The first-order chi connectivity index (χ1) is 8.75. The topological polar surface area (TPSA) is 78.0 Å². The van der Waals surface area contributed by atoms with Gasteiger partial charge in [0.2, 0.25) is 5.91 Å². The number of amides is 1. The summed E-state index contributed by atoms with van der Waals surface area (Å²) in [5, 5.41) is 12.5.